The molecule has 0 aromatic rings. The smallest absolute Gasteiger partial charge is 0.249 e. The van der Waals surface area contributed by atoms with Gasteiger partial charge in [0, 0.05) is 0 Å². The molecule has 0 spiro atoms. The van der Waals surface area contributed by atoms with E-state index in [-0.39, 0.29) is 0 Å². The normalized spacial score (nSPS) is 14.5. The Bertz CT molecular complexity index is 843. The lowest BCUT2D eigenvalue weighted by atomic mass is 10.00. The molecule has 0 rings (SSSR count). The molecule has 4 atom stereocenters. The van der Waals surface area contributed by atoms with E-state index in [2.05, 4.69) is 55.6 Å². The molecule has 53 heavy (non-hydrogen) atoms. The average molecular weight is 748 g/mol. The minimum absolute atomic E-state index is 0.360. The van der Waals surface area contributed by atoms with Crippen LogP contribution in [0.2, 0.25) is 0 Å². The molecule has 6 nitrogen and oxygen atoms in total. The molecule has 0 aromatic heterocycles. The maximum absolute atomic E-state index is 12.5. The van der Waals surface area contributed by atoms with E-state index < -0.39 is 36.9 Å². The van der Waals surface area contributed by atoms with Crippen molar-refractivity contribution in [3.8, 4) is 0 Å². The number of aliphatic hydroxyl groups excluding tert-OH is 4. The van der Waals surface area contributed by atoms with Gasteiger partial charge in [0.15, 0.2) is 0 Å². The zero-order chi connectivity index (χ0) is 38.9. The maximum atomic E-state index is 12.5. The Morgan fingerprint density at radius 3 is 1.19 bits per heavy atom. The van der Waals surface area contributed by atoms with Gasteiger partial charge in [-0.15, -0.1) is 0 Å². The molecule has 312 valence electrons. The fourth-order valence-corrected chi connectivity index (χ4v) is 6.91. The molecular formula is C47H89NO5. The van der Waals surface area contributed by atoms with Crippen molar-refractivity contribution in [1.29, 1.82) is 0 Å². The van der Waals surface area contributed by atoms with E-state index in [4.69, 9.17) is 0 Å². The summed E-state index contributed by atoms with van der Waals surface area (Å²) in [6.07, 6.45) is 49.1. The fourth-order valence-electron chi connectivity index (χ4n) is 6.91. The van der Waals surface area contributed by atoms with Gasteiger partial charge in [-0.2, -0.15) is 0 Å². The van der Waals surface area contributed by atoms with Crippen LogP contribution in [0.5, 0.6) is 0 Å². The van der Waals surface area contributed by atoms with Gasteiger partial charge < -0.3 is 25.7 Å². The third-order valence-electron chi connectivity index (χ3n) is 10.6. The van der Waals surface area contributed by atoms with E-state index in [1.807, 2.05) is 0 Å². The minimum atomic E-state index is -1.29. The molecule has 0 radical (unpaired) electrons. The van der Waals surface area contributed by atoms with Crippen molar-refractivity contribution in [1.82, 2.24) is 5.32 Å². The Balaban J connectivity index is 3.76. The van der Waals surface area contributed by atoms with Crippen LogP contribution in [-0.4, -0.2) is 57.3 Å². The zero-order valence-corrected chi connectivity index (χ0v) is 35.0. The quantitative estimate of drug-likeness (QED) is 0.0316. The molecular weight excluding hydrogens is 659 g/mol. The Morgan fingerprint density at radius 1 is 0.453 bits per heavy atom. The highest BCUT2D eigenvalue weighted by Gasteiger charge is 2.28. The second-order valence-electron chi connectivity index (χ2n) is 15.7. The Labute approximate surface area is 328 Å². The van der Waals surface area contributed by atoms with Crippen LogP contribution in [0.25, 0.3) is 0 Å². The first kappa shape index (κ1) is 51.5. The lowest BCUT2D eigenvalue weighted by Crippen LogP contribution is -2.53. The van der Waals surface area contributed by atoms with E-state index in [1.165, 1.54) is 141 Å². The Morgan fingerprint density at radius 2 is 0.792 bits per heavy atom. The van der Waals surface area contributed by atoms with Crippen molar-refractivity contribution in [2.75, 3.05) is 6.61 Å². The Hall–Kier alpha value is -1.47. The van der Waals surface area contributed by atoms with Gasteiger partial charge in [-0.25, -0.2) is 0 Å². The third-order valence-corrected chi connectivity index (χ3v) is 10.6. The number of allylic oxidation sites excluding steroid dienone is 6. The van der Waals surface area contributed by atoms with Gasteiger partial charge in [-0.1, -0.05) is 198 Å². The van der Waals surface area contributed by atoms with Crippen LogP contribution in [0.1, 0.15) is 226 Å². The predicted molar refractivity (Wildman–Crippen MR) is 228 cm³/mol. The van der Waals surface area contributed by atoms with Gasteiger partial charge in [-0.3, -0.25) is 4.79 Å². The van der Waals surface area contributed by atoms with Crippen molar-refractivity contribution in [3.05, 3.63) is 36.5 Å². The highest BCUT2D eigenvalue weighted by Crippen LogP contribution is 2.15. The van der Waals surface area contributed by atoms with E-state index in [9.17, 15) is 25.2 Å². The first-order valence-electron chi connectivity index (χ1n) is 22.9. The average Bonchev–Trinajstić information content (AvgIpc) is 3.16. The van der Waals surface area contributed by atoms with Crippen molar-refractivity contribution < 1.29 is 25.2 Å². The van der Waals surface area contributed by atoms with Gasteiger partial charge in [0.2, 0.25) is 5.91 Å². The summed E-state index contributed by atoms with van der Waals surface area (Å²) in [5.74, 6) is -0.601. The summed E-state index contributed by atoms with van der Waals surface area (Å²) in [7, 11) is 0. The molecule has 0 aliphatic carbocycles. The number of amides is 1. The molecule has 0 aliphatic rings. The summed E-state index contributed by atoms with van der Waals surface area (Å²) in [6, 6.07) is -1.01. The number of hydrogen-bond acceptors (Lipinski definition) is 5. The van der Waals surface area contributed by atoms with Crippen molar-refractivity contribution in [2.24, 2.45) is 0 Å². The molecule has 0 aliphatic heterocycles. The number of aliphatic hydroxyl groups is 4. The summed E-state index contributed by atoms with van der Waals surface area (Å²) in [5.41, 5.74) is 0. The van der Waals surface area contributed by atoms with Crippen LogP contribution in [0.3, 0.4) is 0 Å². The first-order valence-corrected chi connectivity index (χ1v) is 22.9. The second kappa shape index (κ2) is 41.7. The summed E-state index contributed by atoms with van der Waals surface area (Å²) in [6.45, 7) is 4.02. The molecule has 1 amide bonds. The number of unbranched alkanes of at least 4 members (excludes halogenated alkanes) is 26. The van der Waals surface area contributed by atoms with Gasteiger partial charge in [0.1, 0.15) is 12.2 Å². The summed E-state index contributed by atoms with van der Waals surface area (Å²) >= 11 is 0. The Kier molecular flexibility index (Phi) is 40.5. The number of nitrogens with one attached hydrogen (secondary N) is 1. The van der Waals surface area contributed by atoms with E-state index in [0.717, 1.165) is 51.4 Å². The molecule has 0 heterocycles. The van der Waals surface area contributed by atoms with Crippen LogP contribution in [0.15, 0.2) is 36.5 Å². The maximum Gasteiger partial charge on any atom is 0.249 e. The molecule has 0 saturated heterocycles. The van der Waals surface area contributed by atoms with Crippen LogP contribution in [0, 0.1) is 0 Å². The lowest BCUT2D eigenvalue weighted by molar-refractivity contribution is -0.132. The topological polar surface area (TPSA) is 110 Å². The van der Waals surface area contributed by atoms with Crippen molar-refractivity contribution in [2.45, 2.75) is 250 Å². The zero-order valence-electron chi connectivity index (χ0n) is 35.0. The van der Waals surface area contributed by atoms with E-state index >= 15 is 0 Å². The number of carbonyl (C=O) groups excluding carboxylic acids is 1. The predicted octanol–water partition coefficient (Wildman–Crippen LogP) is 12.1. The summed E-state index contributed by atoms with van der Waals surface area (Å²) in [4.78, 5) is 12.5. The van der Waals surface area contributed by atoms with Crippen molar-refractivity contribution in [3.63, 3.8) is 0 Å². The highest BCUT2D eigenvalue weighted by molar-refractivity contribution is 5.80. The lowest BCUT2D eigenvalue weighted by Gasteiger charge is -2.27. The SMILES string of the molecule is CCCCCCCCCCCCCCC/C=C/CC/C=C/CC/C=C/CCCC(O)C(O)C(CO)NC(=O)C(O)CCCCCCCCCCCCC. The standard InChI is InChI=1S/C47H89NO5/c1-3-5-7-9-11-13-15-16-17-18-19-20-21-22-23-24-25-26-27-28-29-31-32-34-36-38-40-44(50)46(52)43(42-49)48-47(53)45(51)41-39-37-35-33-30-14-12-10-8-6-4-2/h23-24,27-28,32,34,43-46,49-52H,3-22,25-26,29-31,33,35-42H2,1-2H3,(H,48,53)/b24-23+,28-27+,34-32+. The molecule has 0 saturated carbocycles. The van der Waals surface area contributed by atoms with Gasteiger partial charge in [0.05, 0.1) is 18.8 Å². The summed E-state index contributed by atoms with van der Waals surface area (Å²) in [5, 5.41) is 43.6. The van der Waals surface area contributed by atoms with Crippen LogP contribution in [-0.2, 0) is 4.79 Å². The molecule has 0 bridgehead atoms. The van der Waals surface area contributed by atoms with Crippen LogP contribution >= 0.6 is 0 Å². The molecule has 4 unspecified atom stereocenters. The highest BCUT2D eigenvalue weighted by atomic mass is 16.3. The van der Waals surface area contributed by atoms with Gasteiger partial charge in [0.25, 0.3) is 0 Å². The van der Waals surface area contributed by atoms with Crippen LogP contribution < -0.4 is 5.32 Å². The number of hydrogen-bond donors (Lipinski definition) is 5. The van der Waals surface area contributed by atoms with E-state index in [0.29, 0.717) is 19.3 Å². The molecule has 5 N–H and O–H groups in total. The second-order valence-corrected chi connectivity index (χ2v) is 15.7. The minimum Gasteiger partial charge on any atom is -0.394 e. The van der Waals surface area contributed by atoms with Crippen molar-refractivity contribution >= 4 is 5.91 Å². The third kappa shape index (κ3) is 36.0. The van der Waals surface area contributed by atoms with Crippen LogP contribution in [0.4, 0.5) is 0 Å². The van der Waals surface area contributed by atoms with Gasteiger partial charge in [-0.05, 0) is 64.2 Å². The largest absolute Gasteiger partial charge is 0.394 e. The van der Waals surface area contributed by atoms with Gasteiger partial charge >= 0.3 is 0 Å². The fraction of sp³-hybridized carbons (Fsp3) is 0.851. The number of rotatable bonds is 41. The molecule has 0 fully saturated rings. The number of carbonyl (C=O) groups is 1. The monoisotopic (exact) mass is 748 g/mol. The molecule has 6 heteroatoms. The van der Waals surface area contributed by atoms with E-state index in [1.54, 1.807) is 0 Å². The first-order chi connectivity index (χ1) is 26.0. The molecule has 0 aromatic carbocycles. The summed E-state index contributed by atoms with van der Waals surface area (Å²) < 4.78 is 0.